The number of benzene rings is 3. The van der Waals surface area contributed by atoms with Crippen LogP contribution in [-0.4, -0.2) is 33.4 Å². The van der Waals surface area contributed by atoms with Gasteiger partial charge in [-0.1, -0.05) is 6.07 Å². The molecule has 5 heteroatoms. The molecule has 0 saturated carbocycles. The lowest BCUT2D eigenvalue weighted by atomic mass is 9.96. The van der Waals surface area contributed by atoms with E-state index in [-0.39, 0.29) is 0 Å². The average Bonchev–Trinajstić information content (AvgIpc) is 2.71. The second-order valence-electron chi connectivity index (χ2n) is 5.91. The fraction of sp³-hybridized carbons (Fsp3) is 0.190. The van der Waals surface area contributed by atoms with Crippen LogP contribution < -0.4 is 18.9 Å². The quantitative estimate of drug-likeness (QED) is 0.505. The van der Waals surface area contributed by atoms with E-state index in [9.17, 15) is 0 Å². The van der Waals surface area contributed by atoms with Crippen molar-refractivity contribution in [2.24, 2.45) is 0 Å². The van der Waals surface area contributed by atoms with E-state index in [0.29, 0.717) is 23.0 Å². The Morgan fingerprint density at radius 3 is 1.50 bits per heavy atom. The molecule has 0 amide bonds. The third-order valence-electron chi connectivity index (χ3n) is 4.69. The van der Waals surface area contributed by atoms with Gasteiger partial charge >= 0.3 is 0 Å². The van der Waals surface area contributed by atoms with Crippen LogP contribution in [0.2, 0.25) is 0 Å². The second-order valence-corrected chi connectivity index (χ2v) is 5.91. The third kappa shape index (κ3) is 2.28. The molecule has 1 aromatic heterocycles. The molecule has 3 aromatic carbocycles. The van der Waals surface area contributed by atoms with Crippen molar-refractivity contribution in [3.05, 3.63) is 42.6 Å². The molecule has 0 aliphatic rings. The van der Waals surface area contributed by atoms with Crippen molar-refractivity contribution in [2.75, 3.05) is 28.4 Å². The number of nitrogens with zero attached hydrogens (tertiary/aromatic N) is 1. The van der Waals surface area contributed by atoms with E-state index in [0.717, 1.165) is 32.4 Å². The van der Waals surface area contributed by atoms with Crippen LogP contribution in [-0.2, 0) is 0 Å². The lowest BCUT2D eigenvalue weighted by Gasteiger charge is -2.15. The third-order valence-corrected chi connectivity index (χ3v) is 4.69. The number of hydrogen-bond acceptors (Lipinski definition) is 5. The van der Waals surface area contributed by atoms with E-state index in [1.807, 2.05) is 30.3 Å². The first-order chi connectivity index (χ1) is 12.7. The van der Waals surface area contributed by atoms with Gasteiger partial charge in [-0.2, -0.15) is 0 Å². The normalized spacial score (nSPS) is 11.1. The molecule has 0 fully saturated rings. The molecule has 4 aromatic rings. The number of fused-ring (bicyclic) bond motifs is 6. The lowest BCUT2D eigenvalue weighted by Crippen LogP contribution is -1.94. The minimum absolute atomic E-state index is 0.673. The zero-order valence-corrected chi connectivity index (χ0v) is 15.1. The van der Waals surface area contributed by atoms with Crippen LogP contribution >= 0.6 is 0 Å². The molecule has 0 aliphatic heterocycles. The van der Waals surface area contributed by atoms with Crippen LogP contribution in [0.1, 0.15) is 0 Å². The van der Waals surface area contributed by atoms with Gasteiger partial charge in [0.1, 0.15) is 0 Å². The van der Waals surface area contributed by atoms with Gasteiger partial charge in [-0.05, 0) is 46.5 Å². The number of aromatic nitrogens is 1. The Morgan fingerprint density at radius 2 is 1.00 bits per heavy atom. The van der Waals surface area contributed by atoms with Gasteiger partial charge in [0.25, 0.3) is 0 Å². The van der Waals surface area contributed by atoms with Gasteiger partial charge in [0.2, 0.25) is 0 Å². The topological polar surface area (TPSA) is 49.8 Å². The highest BCUT2D eigenvalue weighted by Crippen LogP contribution is 2.43. The Morgan fingerprint density at radius 1 is 0.577 bits per heavy atom. The summed E-state index contributed by atoms with van der Waals surface area (Å²) in [5.41, 5.74) is 0.906. The number of rotatable bonds is 4. The van der Waals surface area contributed by atoms with Gasteiger partial charge < -0.3 is 18.9 Å². The van der Waals surface area contributed by atoms with Crippen LogP contribution in [0.25, 0.3) is 32.4 Å². The molecule has 0 aliphatic carbocycles. The van der Waals surface area contributed by atoms with Crippen LogP contribution in [0.3, 0.4) is 0 Å². The molecule has 5 nitrogen and oxygen atoms in total. The van der Waals surface area contributed by atoms with Crippen LogP contribution in [0, 0.1) is 0 Å². The van der Waals surface area contributed by atoms with Crippen molar-refractivity contribution in [1.29, 1.82) is 0 Å². The van der Waals surface area contributed by atoms with E-state index in [4.69, 9.17) is 18.9 Å². The standard InChI is InChI=1S/C21H19NO4/c1-23-17-8-13-12-6-5-7-22-21(12)16-11-20(26-4)19(25-3)10-15(16)14(13)9-18(17)24-2/h5-11H,1-4H3. The Kier molecular flexibility index (Phi) is 3.92. The maximum absolute atomic E-state index is 5.51. The number of pyridine rings is 1. The van der Waals surface area contributed by atoms with Crippen LogP contribution in [0.15, 0.2) is 42.6 Å². The zero-order valence-electron chi connectivity index (χ0n) is 15.1. The summed E-state index contributed by atoms with van der Waals surface area (Å²) in [6.45, 7) is 0. The Hall–Kier alpha value is -3.21. The molecular formula is C21H19NO4. The van der Waals surface area contributed by atoms with E-state index < -0.39 is 0 Å². The first kappa shape index (κ1) is 16.3. The average molecular weight is 349 g/mol. The van der Waals surface area contributed by atoms with E-state index in [2.05, 4.69) is 11.1 Å². The van der Waals surface area contributed by atoms with Gasteiger partial charge in [-0.25, -0.2) is 0 Å². The molecule has 26 heavy (non-hydrogen) atoms. The molecule has 4 rings (SSSR count). The van der Waals surface area contributed by atoms with Gasteiger partial charge in [0.05, 0.1) is 34.0 Å². The summed E-state index contributed by atoms with van der Waals surface area (Å²) in [6.07, 6.45) is 1.80. The summed E-state index contributed by atoms with van der Waals surface area (Å²) in [4.78, 5) is 4.62. The van der Waals surface area contributed by atoms with Gasteiger partial charge in [0.15, 0.2) is 23.0 Å². The molecule has 0 atom stereocenters. The van der Waals surface area contributed by atoms with Crippen LogP contribution in [0.5, 0.6) is 23.0 Å². The molecule has 0 spiro atoms. The minimum Gasteiger partial charge on any atom is -0.493 e. The summed E-state index contributed by atoms with van der Waals surface area (Å²) >= 11 is 0. The smallest absolute Gasteiger partial charge is 0.161 e. The van der Waals surface area contributed by atoms with Crippen molar-refractivity contribution in [3.63, 3.8) is 0 Å². The van der Waals surface area contributed by atoms with Crippen LogP contribution in [0.4, 0.5) is 0 Å². The Balaban J connectivity index is 2.28. The molecule has 0 radical (unpaired) electrons. The van der Waals surface area contributed by atoms with Crippen molar-refractivity contribution in [1.82, 2.24) is 4.98 Å². The first-order valence-electron chi connectivity index (χ1n) is 8.20. The summed E-state index contributed by atoms with van der Waals surface area (Å²) in [5.74, 6) is 2.71. The predicted molar refractivity (Wildman–Crippen MR) is 103 cm³/mol. The molecular weight excluding hydrogens is 330 g/mol. The minimum atomic E-state index is 0.673. The van der Waals surface area contributed by atoms with E-state index >= 15 is 0 Å². The van der Waals surface area contributed by atoms with Gasteiger partial charge in [-0.15, -0.1) is 0 Å². The van der Waals surface area contributed by atoms with Gasteiger partial charge in [0, 0.05) is 17.0 Å². The Bertz CT molecular complexity index is 1050. The summed E-state index contributed by atoms with van der Waals surface area (Å²) in [7, 11) is 6.54. The zero-order chi connectivity index (χ0) is 18.3. The lowest BCUT2D eigenvalue weighted by molar-refractivity contribution is 0.355. The highest BCUT2D eigenvalue weighted by atomic mass is 16.5. The van der Waals surface area contributed by atoms with E-state index in [1.54, 1.807) is 34.6 Å². The molecule has 0 N–H and O–H groups in total. The number of hydrogen-bond donors (Lipinski definition) is 0. The fourth-order valence-electron chi connectivity index (χ4n) is 3.46. The first-order valence-corrected chi connectivity index (χ1v) is 8.20. The largest absolute Gasteiger partial charge is 0.493 e. The highest BCUT2D eigenvalue weighted by Gasteiger charge is 2.16. The van der Waals surface area contributed by atoms with Gasteiger partial charge in [-0.3, -0.25) is 4.98 Å². The second kappa shape index (κ2) is 6.26. The maximum atomic E-state index is 5.51. The van der Waals surface area contributed by atoms with Crippen molar-refractivity contribution in [3.8, 4) is 23.0 Å². The summed E-state index contributed by atoms with van der Waals surface area (Å²) in [5, 5.41) is 5.15. The molecule has 1 heterocycles. The highest BCUT2D eigenvalue weighted by molar-refractivity contribution is 6.25. The number of methoxy groups -OCH3 is 4. The van der Waals surface area contributed by atoms with Crippen molar-refractivity contribution < 1.29 is 18.9 Å². The Labute approximate surface area is 151 Å². The molecule has 132 valence electrons. The molecule has 0 saturated heterocycles. The summed E-state index contributed by atoms with van der Waals surface area (Å²) in [6, 6.07) is 11.9. The molecule has 0 unspecified atom stereocenters. The monoisotopic (exact) mass is 349 g/mol. The van der Waals surface area contributed by atoms with Crippen molar-refractivity contribution in [2.45, 2.75) is 0 Å². The SMILES string of the molecule is COc1cc2c(cc1OC)c1cccnc1c1cc(OC)c(OC)cc21. The predicted octanol–water partition coefficient (Wildman–Crippen LogP) is 4.58. The van der Waals surface area contributed by atoms with E-state index in [1.165, 1.54) is 0 Å². The molecule has 0 bridgehead atoms. The fourth-order valence-corrected chi connectivity index (χ4v) is 3.46. The number of ether oxygens (including phenoxy) is 4. The summed E-state index contributed by atoms with van der Waals surface area (Å²) < 4.78 is 22.0. The maximum Gasteiger partial charge on any atom is 0.161 e. The van der Waals surface area contributed by atoms with Crippen molar-refractivity contribution >= 4 is 32.4 Å².